The molecule has 0 aliphatic carbocycles. The molecule has 0 radical (unpaired) electrons. The van der Waals surface area contributed by atoms with Gasteiger partial charge in [0.2, 0.25) is 5.95 Å². The predicted octanol–water partition coefficient (Wildman–Crippen LogP) is 5.30. The van der Waals surface area contributed by atoms with Crippen LogP contribution in [0, 0.1) is 6.92 Å². The summed E-state index contributed by atoms with van der Waals surface area (Å²) in [5.41, 5.74) is 4.38. The van der Waals surface area contributed by atoms with Gasteiger partial charge in [0.15, 0.2) is 0 Å². The number of likely N-dealkylation sites (N-methyl/N-ethyl adjacent to an activating group) is 1. The molecule has 200 valence electrons. The highest BCUT2D eigenvalue weighted by Crippen LogP contribution is 2.38. The Labute approximate surface area is 229 Å². The van der Waals surface area contributed by atoms with E-state index < -0.39 is 0 Å². The molecule has 3 heterocycles. The molecule has 2 amide bonds. The predicted molar refractivity (Wildman–Crippen MR) is 153 cm³/mol. The Kier molecular flexibility index (Phi) is 7.32. The van der Waals surface area contributed by atoms with Gasteiger partial charge in [0.05, 0.1) is 30.1 Å². The van der Waals surface area contributed by atoms with Gasteiger partial charge in [-0.2, -0.15) is 4.98 Å². The Morgan fingerprint density at radius 1 is 1.11 bits per heavy atom. The Bertz CT molecular complexity index is 1320. The summed E-state index contributed by atoms with van der Waals surface area (Å²) >= 11 is 6.52. The zero-order chi connectivity index (χ0) is 27.0. The Hall–Kier alpha value is -3.56. The molecule has 3 aromatic rings. The molecule has 0 saturated carbocycles. The lowest BCUT2D eigenvalue weighted by Crippen LogP contribution is -2.51. The average Bonchev–Trinajstić information content (AvgIpc) is 2.89. The van der Waals surface area contributed by atoms with E-state index in [0.717, 1.165) is 48.7 Å². The molecule has 2 aliphatic heterocycles. The van der Waals surface area contributed by atoms with Crippen LogP contribution in [-0.2, 0) is 6.54 Å². The molecule has 5 rings (SSSR count). The van der Waals surface area contributed by atoms with E-state index in [0.29, 0.717) is 34.8 Å². The van der Waals surface area contributed by atoms with E-state index in [1.165, 1.54) is 0 Å². The third-order valence-corrected chi connectivity index (χ3v) is 7.42. The molecule has 9 nitrogen and oxygen atoms in total. The van der Waals surface area contributed by atoms with Gasteiger partial charge in [-0.25, -0.2) is 9.78 Å². The topological polar surface area (TPSA) is 77.1 Å². The fourth-order valence-electron chi connectivity index (χ4n) is 5.01. The van der Waals surface area contributed by atoms with E-state index in [-0.39, 0.29) is 12.1 Å². The number of rotatable bonds is 6. The van der Waals surface area contributed by atoms with Crippen LogP contribution in [-0.4, -0.2) is 67.3 Å². The summed E-state index contributed by atoms with van der Waals surface area (Å²) in [4.78, 5) is 31.2. The minimum atomic E-state index is -0.164. The van der Waals surface area contributed by atoms with Crippen molar-refractivity contribution in [2.24, 2.45) is 0 Å². The molecule has 0 unspecified atom stereocenters. The number of hydrogen-bond donors (Lipinski definition) is 1. The minimum absolute atomic E-state index is 0.119. The number of aryl methyl sites for hydroxylation is 1. The first-order valence-electron chi connectivity index (χ1n) is 12.9. The smallest absolute Gasteiger partial charge is 0.330 e. The van der Waals surface area contributed by atoms with Crippen LogP contribution in [0.3, 0.4) is 0 Å². The highest BCUT2D eigenvalue weighted by atomic mass is 35.5. The number of benzene rings is 2. The summed E-state index contributed by atoms with van der Waals surface area (Å²) in [6, 6.07) is 11.5. The van der Waals surface area contributed by atoms with Crippen LogP contribution in [0.4, 0.5) is 33.6 Å². The van der Waals surface area contributed by atoms with Crippen LogP contribution in [0.1, 0.15) is 25.0 Å². The van der Waals surface area contributed by atoms with Crippen LogP contribution in [0.5, 0.6) is 5.75 Å². The lowest BCUT2D eigenvalue weighted by molar-refractivity contribution is 0.248. The van der Waals surface area contributed by atoms with Gasteiger partial charge in [-0.15, -0.1) is 0 Å². The van der Waals surface area contributed by atoms with Gasteiger partial charge in [0.1, 0.15) is 11.6 Å². The standard InChI is InChI=1S/C28H34ClN7O2/c1-18(2)36-26-20(17-35(28(36)37)25-19(3)7-6-8-22(25)29)16-30-27(32-26)31-23-10-9-21(15-24(23)38-5)34-13-11-33(4)12-14-34/h6-10,15-16,18H,11-14,17H2,1-5H3,(H,30,31,32). The third-order valence-electron chi connectivity index (χ3n) is 7.11. The quantitative estimate of drug-likeness (QED) is 0.459. The SMILES string of the molecule is COc1cc(N2CCN(C)CC2)ccc1Nc1ncc2c(n1)N(C(C)C)C(=O)N(c1c(C)cccc1Cl)C2. The number of hydrogen-bond acceptors (Lipinski definition) is 7. The molecular formula is C28H34ClN7O2. The maximum Gasteiger partial charge on any atom is 0.330 e. The van der Waals surface area contributed by atoms with Crippen LogP contribution in [0.2, 0.25) is 5.02 Å². The van der Waals surface area contributed by atoms with Crippen molar-refractivity contribution in [2.45, 2.75) is 33.4 Å². The van der Waals surface area contributed by atoms with Gasteiger partial charge in [-0.1, -0.05) is 23.7 Å². The number of nitrogens with one attached hydrogen (secondary N) is 1. The van der Waals surface area contributed by atoms with Gasteiger partial charge >= 0.3 is 6.03 Å². The first kappa shape index (κ1) is 26.1. The first-order valence-corrected chi connectivity index (χ1v) is 13.2. The molecule has 2 aromatic carbocycles. The van der Waals surface area contributed by atoms with Crippen molar-refractivity contribution in [3.63, 3.8) is 0 Å². The fourth-order valence-corrected chi connectivity index (χ4v) is 5.33. The van der Waals surface area contributed by atoms with Gasteiger partial charge in [0.25, 0.3) is 0 Å². The number of methoxy groups -OCH3 is 1. The number of para-hydroxylation sites is 1. The third kappa shape index (κ3) is 4.96. The number of carbonyl (C=O) groups excluding carboxylic acids is 1. The van der Waals surface area contributed by atoms with Gasteiger partial charge < -0.3 is 19.9 Å². The lowest BCUT2D eigenvalue weighted by Gasteiger charge is -2.39. The van der Waals surface area contributed by atoms with E-state index in [9.17, 15) is 4.79 Å². The van der Waals surface area contributed by atoms with E-state index in [4.69, 9.17) is 21.3 Å². The normalized spacial score (nSPS) is 16.2. The number of anilines is 5. The van der Waals surface area contributed by atoms with Crippen molar-refractivity contribution < 1.29 is 9.53 Å². The number of ether oxygens (including phenoxy) is 1. The molecule has 1 aromatic heterocycles. The molecule has 2 aliphatic rings. The number of urea groups is 1. The summed E-state index contributed by atoms with van der Waals surface area (Å²) in [7, 11) is 3.80. The molecule has 0 bridgehead atoms. The van der Waals surface area contributed by atoms with Crippen LogP contribution in [0.15, 0.2) is 42.6 Å². The van der Waals surface area contributed by atoms with Crippen molar-refractivity contribution in [2.75, 3.05) is 60.4 Å². The Morgan fingerprint density at radius 2 is 1.87 bits per heavy atom. The average molecular weight is 536 g/mol. The summed E-state index contributed by atoms with van der Waals surface area (Å²) in [5.74, 6) is 1.70. The second-order valence-corrected chi connectivity index (χ2v) is 10.5. The van der Waals surface area contributed by atoms with Crippen LogP contribution >= 0.6 is 11.6 Å². The number of carbonyl (C=O) groups is 1. The molecule has 0 atom stereocenters. The summed E-state index contributed by atoms with van der Waals surface area (Å²) < 4.78 is 5.71. The number of piperazine rings is 1. The number of fused-ring (bicyclic) bond motifs is 1. The largest absolute Gasteiger partial charge is 0.494 e. The zero-order valence-corrected chi connectivity index (χ0v) is 23.3. The highest BCUT2D eigenvalue weighted by molar-refractivity contribution is 6.34. The molecule has 1 fully saturated rings. The van der Waals surface area contributed by atoms with Gasteiger partial charge in [-0.05, 0) is 51.6 Å². The molecule has 1 N–H and O–H groups in total. The molecule has 38 heavy (non-hydrogen) atoms. The van der Waals surface area contributed by atoms with Crippen molar-refractivity contribution in [1.82, 2.24) is 14.9 Å². The van der Waals surface area contributed by atoms with E-state index in [2.05, 4.69) is 33.2 Å². The lowest BCUT2D eigenvalue weighted by atomic mass is 10.1. The zero-order valence-electron chi connectivity index (χ0n) is 22.5. The maximum absolute atomic E-state index is 13.7. The molecule has 10 heteroatoms. The highest BCUT2D eigenvalue weighted by Gasteiger charge is 2.36. The number of amides is 2. The van der Waals surface area contributed by atoms with E-state index >= 15 is 0 Å². The monoisotopic (exact) mass is 535 g/mol. The number of aromatic nitrogens is 2. The van der Waals surface area contributed by atoms with Crippen LogP contribution < -0.4 is 24.8 Å². The van der Waals surface area contributed by atoms with Crippen molar-refractivity contribution >= 4 is 46.5 Å². The molecule has 1 saturated heterocycles. The van der Waals surface area contributed by atoms with E-state index in [1.54, 1.807) is 29.2 Å². The van der Waals surface area contributed by atoms with Crippen molar-refractivity contribution in [1.29, 1.82) is 0 Å². The molecular weight excluding hydrogens is 502 g/mol. The minimum Gasteiger partial charge on any atom is -0.494 e. The van der Waals surface area contributed by atoms with Crippen LogP contribution in [0.25, 0.3) is 0 Å². The molecule has 0 spiro atoms. The summed E-state index contributed by atoms with van der Waals surface area (Å²) in [5, 5.41) is 3.84. The van der Waals surface area contributed by atoms with E-state index in [1.807, 2.05) is 45.0 Å². The Balaban J connectivity index is 1.43. The van der Waals surface area contributed by atoms with Crippen molar-refractivity contribution in [3.05, 3.63) is 58.7 Å². The maximum atomic E-state index is 13.7. The number of nitrogens with zero attached hydrogens (tertiary/aromatic N) is 6. The first-order chi connectivity index (χ1) is 18.3. The Morgan fingerprint density at radius 3 is 2.55 bits per heavy atom. The van der Waals surface area contributed by atoms with Gasteiger partial charge in [0, 0.05) is 55.7 Å². The summed E-state index contributed by atoms with van der Waals surface area (Å²) in [6.07, 6.45) is 1.77. The second-order valence-electron chi connectivity index (χ2n) is 10.1. The fraction of sp³-hybridized carbons (Fsp3) is 0.393. The summed E-state index contributed by atoms with van der Waals surface area (Å²) in [6.45, 7) is 10.3. The van der Waals surface area contributed by atoms with Gasteiger partial charge in [-0.3, -0.25) is 9.80 Å². The second kappa shape index (κ2) is 10.7. The van der Waals surface area contributed by atoms with Crippen molar-refractivity contribution in [3.8, 4) is 5.75 Å². The number of halogens is 1.